The van der Waals surface area contributed by atoms with Crippen molar-refractivity contribution in [3.8, 4) is 0 Å². The van der Waals surface area contributed by atoms with E-state index in [1.807, 2.05) is 11.9 Å². The van der Waals surface area contributed by atoms with Crippen LogP contribution in [0.3, 0.4) is 0 Å². The summed E-state index contributed by atoms with van der Waals surface area (Å²) in [6.07, 6.45) is 2.47. The number of nitrogen functional groups attached to an aromatic ring is 1. The standard InChI is InChI=1S/C12H19N3O2/c1-8(2)4-5-15(3)11-10(12(16)17)6-9(13)7-14-11/h6-8H,4-5,13H2,1-3H3,(H,16,17). The molecule has 0 aliphatic heterocycles. The number of carboxylic acid groups (broad SMARTS) is 1. The molecule has 3 N–H and O–H groups in total. The lowest BCUT2D eigenvalue weighted by Gasteiger charge is -2.21. The molecule has 0 saturated carbocycles. The Labute approximate surface area is 101 Å². The predicted molar refractivity (Wildman–Crippen MR) is 68.3 cm³/mol. The zero-order valence-electron chi connectivity index (χ0n) is 10.5. The summed E-state index contributed by atoms with van der Waals surface area (Å²) in [5.41, 5.74) is 6.06. The van der Waals surface area contributed by atoms with Gasteiger partial charge in [-0.05, 0) is 18.4 Å². The number of hydrogen-bond acceptors (Lipinski definition) is 4. The summed E-state index contributed by atoms with van der Waals surface area (Å²) in [7, 11) is 1.84. The van der Waals surface area contributed by atoms with Gasteiger partial charge in [0, 0.05) is 13.6 Å². The van der Waals surface area contributed by atoms with Crippen LogP contribution in [0.15, 0.2) is 12.3 Å². The minimum atomic E-state index is -1.00. The van der Waals surface area contributed by atoms with E-state index in [1.165, 1.54) is 12.3 Å². The third-order valence-electron chi connectivity index (χ3n) is 2.52. The van der Waals surface area contributed by atoms with E-state index in [2.05, 4.69) is 18.8 Å². The average Bonchev–Trinajstić information content (AvgIpc) is 2.25. The molecular weight excluding hydrogens is 218 g/mol. The second-order valence-electron chi connectivity index (χ2n) is 4.55. The van der Waals surface area contributed by atoms with Gasteiger partial charge in [0.25, 0.3) is 0 Å². The third-order valence-corrected chi connectivity index (χ3v) is 2.52. The van der Waals surface area contributed by atoms with Gasteiger partial charge in [0.15, 0.2) is 0 Å². The summed E-state index contributed by atoms with van der Waals surface area (Å²) in [4.78, 5) is 17.0. The lowest BCUT2D eigenvalue weighted by atomic mass is 10.1. The Bertz CT molecular complexity index is 405. The van der Waals surface area contributed by atoms with Crippen LogP contribution >= 0.6 is 0 Å². The Morgan fingerprint density at radius 2 is 2.24 bits per heavy atom. The molecule has 0 aliphatic carbocycles. The zero-order valence-corrected chi connectivity index (χ0v) is 10.5. The van der Waals surface area contributed by atoms with Crippen LogP contribution < -0.4 is 10.6 Å². The molecule has 0 aliphatic rings. The molecule has 0 spiro atoms. The number of nitrogens with two attached hydrogens (primary N) is 1. The lowest BCUT2D eigenvalue weighted by Crippen LogP contribution is -2.23. The van der Waals surface area contributed by atoms with E-state index < -0.39 is 5.97 Å². The fourth-order valence-corrected chi connectivity index (χ4v) is 1.49. The molecule has 1 heterocycles. The van der Waals surface area contributed by atoms with Gasteiger partial charge in [-0.2, -0.15) is 0 Å². The van der Waals surface area contributed by atoms with Crippen molar-refractivity contribution in [2.75, 3.05) is 24.2 Å². The maximum Gasteiger partial charge on any atom is 0.339 e. The van der Waals surface area contributed by atoms with E-state index in [0.717, 1.165) is 13.0 Å². The zero-order chi connectivity index (χ0) is 13.0. The summed E-state index contributed by atoms with van der Waals surface area (Å²) in [5.74, 6) is 0.0306. The van der Waals surface area contributed by atoms with Gasteiger partial charge in [-0.3, -0.25) is 0 Å². The number of carbonyl (C=O) groups is 1. The molecule has 17 heavy (non-hydrogen) atoms. The van der Waals surface area contributed by atoms with E-state index in [4.69, 9.17) is 10.8 Å². The topological polar surface area (TPSA) is 79.5 Å². The van der Waals surface area contributed by atoms with Crippen LogP contribution in [0.25, 0.3) is 0 Å². The molecule has 1 aromatic rings. The summed E-state index contributed by atoms with van der Waals surface area (Å²) in [6, 6.07) is 1.44. The van der Waals surface area contributed by atoms with Gasteiger partial charge in [-0.1, -0.05) is 13.8 Å². The van der Waals surface area contributed by atoms with Crippen molar-refractivity contribution in [2.24, 2.45) is 5.92 Å². The third kappa shape index (κ3) is 3.62. The van der Waals surface area contributed by atoms with Crippen LogP contribution in [0.5, 0.6) is 0 Å². The van der Waals surface area contributed by atoms with Gasteiger partial charge >= 0.3 is 5.97 Å². The van der Waals surface area contributed by atoms with Gasteiger partial charge in [-0.15, -0.1) is 0 Å². The first kappa shape index (κ1) is 13.3. The summed E-state index contributed by atoms with van der Waals surface area (Å²) < 4.78 is 0. The second kappa shape index (κ2) is 5.52. The molecule has 0 saturated heterocycles. The van der Waals surface area contributed by atoms with Gasteiger partial charge in [0.2, 0.25) is 0 Å². The van der Waals surface area contributed by atoms with Gasteiger partial charge in [0.05, 0.1) is 11.9 Å². The molecule has 0 atom stereocenters. The second-order valence-corrected chi connectivity index (χ2v) is 4.55. The van der Waals surface area contributed by atoms with Crippen LogP contribution in [0.4, 0.5) is 11.5 Å². The van der Waals surface area contributed by atoms with Crippen LogP contribution in [-0.2, 0) is 0 Å². The largest absolute Gasteiger partial charge is 0.478 e. The normalized spacial score (nSPS) is 10.6. The Morgan fingerprint density at radius 3 is 2.76 bits per heavy atom. The fraction of sp³-hybridized carbons (Fsp3) is 0.500. The van der Waals surface area contributed by atoms with Crippen molar-refractivity contribution in [1.29, 1.82) is 0 Å². The smallest absolute Gasteiger partial charge is 0.339 e. The Kier molecular flexibility index (Phi) is 4.31. The van der Waals surface area contributed by atoms with Crippen molar-refractivity contribution in [3.05, 3.63) is 17.8 Å². The quantitative estimate of drug-likeness (QED) is 0.817. The molecular formula is C12H19N3O2. The molecule has 0 unspecified atom stereocenters. The van der Waals surface area contributed by atoms with Gasteiger partial charge < -0.3 is 15.7 Å². The first-order valence-electron chi connectivity index (χ1n) is 5.61. The van der Waals surface area contributed by atoms with Crippen LogP contribution in [-0.4, -0.2) is 29.7 Å². The Morgan fingerprint density at radius 1 is 1.59 bits per heavy atom. The maximum absolute atomic E-state index is 11.1. The van der Waals surface area contributed by atoms with Crippen molar-refractivity contribution >= 4 is 17.5 Å². The molecule has 0 bridgehead atoms. The number of anilines is 2. The van der Waals surface area contributed by atoms with E-state index in [9.17, 15) is 4.79 Å². The summed E-state index contributed by atoms with van der Waals surface area (Å²) in [6.45, 7) is 5.03. The predicted octanol–water partition coefficient (Wildman–Crippen LogP) is 1.84. The number of rotatable bonds is 5. The summed E-state index contributed by atoms with van der Waals surface area (Å²) in [5, 5.41) is 9.09. The van der Waals surface area contributed by atoms with E-state index in [-0.39, 0.29) is 5.56 Å². The average molecular weight is 237 g/mol. The first-order valence-corrected chi connectivity index (χ1v) is 5.61. The minimum absolute atomic E-state index is 0.149. The number of aromatic nitrogens is 1. The monoisotopic (exact) mass is 237 g/mol. The molecule has 5 heteroatoms. The first-order chi connectivity index (χ1) is 7.91. The Balaban J connectivity index is 2.92. The van der Waals surface area contributed by atoms with Crippen molar-refractivity contribution in [1.82, 2.24) is 4.98 Å². The highest BCUT2D eigenvalue weighted by molar-refractivity contribution is 5.94. The molecule has 94 valence electrons. The number of hydrogen-bond donors (Lipinski definition) is 2. The van der Waals surface area contributed by atoms with E-state index in [0.29, 0.717) is 17.4 Å². The number of carboxylic acids is 1. The van der Waals surface area contributed by atoms with Gasteiger partial charge in [-0.25, -0.2) is 9.78 Å². The maximum atomic E-state index is 11.1. The molecule has 1 aromatic heterocycles. The van der Waals surface area contributed by atoms with Crippen molar-refractivity contribution in [2.45, 2.75) is 20.3 Å². The van der Waals surface area contributed by atoms with Crippen molar-refractivity contribution in [3.63, 3.8) is 0 Å². The fourth-order valence-electron chi connectivity index (χ4n) is 1.49. The molecule has 0 fully saturated rings. The number of aromatic carboxylic acids is 1. The SMILES string of the molecule is CC(C)CCN(C)c1ncc(N)cc1C(=O)O. The van der Waals surface area contributed by atoms with Gasteiger partial charge in [0.1, 0.15) is 11.4 Å². The lowest BCUT2D eigenvalue weighted by molar-refractivity contribution is 0.0697. The van der Waals surface area contributed by atoms with Crippen LogP contribution in [0.2, 0.25) is 0 Å². The number of nitrogens with zero attached hydrogens (tertiary/aromatic N) is 2. The highest BCUT2D eigenvalue weighted by Crippen LogP contribution is 2.19. The number of pyridine rings is 1. The highest BCUT2D eigenvalue weighted by Gasteiger charge is 2.15. The van der Waals surface area contributed by atoms with Crippen LogP contribution in [0.1, 0.15) is 30.6 Å². The minimum Gasteiger partial charge on any atom is -0.478 e. The molecule has 0 radical (unpaired) electrons. The summed E-state index contributed by atoms with van der Waals surface area (Å²) >= 11 is 0. The Hall–Kier alpha value is -1.78. The molecule has 0 amide bonds. The molecule has 1 rings (SSSR count). The molecule has 0 aromatic carbocycles. The highest BCUT2D eigenvalue weighted by atomic mass is 16.4. The van der Waals surface area contributed by atoms with E-state index in [1.54, 1.807) is 0 Å². The van der Waals surface area contributed by atoms with Crippen LogP contribution in [0, 0.1) is 5.92 Å². The van der Waals surface area contributed by atoms with E-state index >= 15 is 0 Å². The molecule has 5 nitrogen and oxygen atoms in total. The van der Waals surface area contributed by atoms with Crippen molar-refractivity contribution < 1.29 is 9.90 Å².